The molecule has 0 unspecified atom stereocenters. The van der Waals surface area contributed by atoms with Crippen molar-refractivity contribution in [2.45, 2.75) is 6.42 Å². The Morgan fingerprint density at radius 2 is 2.22 bits per heavy atom. The number of carbonyl (C=O) groups excluding carboxylic acids is 1. The van der Waals surface area contributed by atoms with Crippen LogP contribution in [0.1, 0.15) is 6.42 Å². The number of urea groups is 1. The van der Waals surface area contributed by atoms with Gasteiger partial charge in [0.2, 0.25) is 0 Å². The molecule has 0 aliphatic carbocycles. The Hall–Kier alpha value is -2.42. The standard InChI is InChI=1S/C14H17N5O3S/c20-14(16-9-11-4-8-23(21,22)10-11)18-12-3-1-5-15-13(12)19-7-2-6-17-19/h1-3,5-7,11H,4,8-10H2,(H2,16,18,20)/t11-/m1/s1. The average Bonchev–Trinajstić information content (AvgIpc) is 3.15. The topological polar surface area (TPSA) is 106 Å². The van der Waals surface area contributed by atoms with E-state index in [1.165, 1.54) is 0 Å². The molecule has 2 aromatic heterocycles. The maximum Gasteiger partial charge on any atom is 0.319 e. The minimum Gasteiger partial charge on any atom is -0.338 e. The Labute approximate surface area is 133 Å². The molecule has 9 heteroatoms. The average molecular weight is 335 g/mol. The van der Waals surface area contributed by atoms with Gasteiger partial charge in [0.05, 0.1) is 17.2 Å². The molecule has 23 heavy (non-hydrogen) atoms. The highest BCUT2D eigenvalue weighted by Crippen LogP contribution is 2.18. The van der Waals surface area contributed by atoms with Crippen LogP contribution in [0.25, 0.3) is 5.82 Å². The van der Waals surface area contributed by atoms with Crippen LogP contribution in [0, 0.1) is 5.92 Å². The van der Waals surface area contributed by atoms with Crippen molar-refractivity contribution in [3.63, 3.8) is 0 Å². The Kier molecular flexibility index (Phi) is 4.28. The Bertz CT molecular complexity index is 789. The van der Waals surface area contributed by atoms with Gasteiger partial charge in [-0.1, -0.05) is 0 Å². The lowest BCUT2D eigenvalue weighted by Gasteiger charge is -2.13. The summed E-state index contributed by atoms with van der Waals surface area (Å²) in [5, 5.41) is 9.53. The van der Waals surface area contributed by atoms with E-state index >= 15 is 0 Å². The maximum absolute atomic E-state index is 12.0. The van der Waals surface area contributed by atoms with Crippen LogP contribution >= 0.6 is 0 Å². The van der Waals surface area contributed by atoms with Gasteiger partial charge in [-0.25, -0.2) is 22.9 Å². The summed E-state index contributed by atoms with van der Waals surface area (Å²) in [5.74, 6) is 0.826. The van der Waals surface area contributed by atoms with Gasteiger partial charge in [0.1, 0.15) is 0 Å². The molecule has 2 N–H and O–H groups in total. The van der Waals surface area contributed by atoms with E-state index in [-0.39, 0.29) is 17.4 Å². The van der Waals surface area contributed by atoms with Crippen LogP contribution in [0.3, 0.4) is 0 Å². The zero-order valence-corrected chi connectivity index (χ0v) is 13.2. The van der Waals surface area contributed by atoms with Crippen LogP contribution < -0.4 is 10.6 Å². The van der Waals surface area contributed by atoms with Crippen LogP contribution in [-0.4, -0.2) is 47.3 Å². The first-order chi connectivity index (χ1) is 11.0. The van der Waals surface area contributed by atoms with Crippen molar-refractivity contribution >= 4 is 21.6 Å². The van der Waals surface area contributed by atoms with Gasteiger partial charge >= 0.3 is 6.03 Å². The molecule has 8 nitrogen and oxygen atoms in total. The predicted molar refractivity (Wildman–Crippen MR) is 85.1 cm³/mol. The van der Waals surface area contributed by atoms with Crippen molar-refractivity contribution in [1.29, 1.82) is 0 Å². The highest BCUT2D eigenvalue weighted by molar-refractivity contribution is 7.91. The van der Waals surface area contributed by atoms with E-state index in [1.807, 2.05) is 0 Å². The lowest BCUT2D eigenvalue weighted by Crippen LogP contribution is -2.33. The number of hydrogen-bond donors (Lipinski definition) is 2. The van der Waals surface area contributed by atoms with Crippen LogP contribution in [0.2, 0.25) is 0 Å². The fourth-order valence-corrected chi connectivity index (χ4v) is 4.37. The highest BCUT2D eigenvalue weighted by Gasteiger charge is 2.27. The second kappa shape index (κ2) is 6.37. The van der Waals surface area contributed by atoms with Crippen molar-refractivity contribution in [3.05, 3.63) is 36.8 Å². The third-order valence-electron chi connectivity index (χ3n) is 3.63. The first-order valence-electron chi connectivity index (χ1n) is 7.24. The van der Waals surface area contributed by atoms with Gasteiger partial charge in [-0.05, 0) is 30.5 Å². The third kappa shape index (κ3) is 3.86. The summed E-state index contributed by atoms with van der Waals surface area (Å²) in [4.78, 5) is 16.2. The molecular formula is C14H17N5O3S. The van der Waals surface area contributed by atoms with Gasteiger partial charge in [-0.2, -0.15) is 5.10 Å². The van der Waals surface area contributed by atoms with E-state index in [4.69, 9.17) is 0 Å². The van der Waals surface area contributed by atoms with Gasteiger partial charge in [0.25, 0.3) is 0 Å². The summed E-state index contributed by atoms with van der Waals surface area (Å²) in [7, 11) is -2.93. The molecule has 0 saturated carbocycles. The van der Waals surface area contributed by atoms with Crippen molar-refractivity contribution in [2.75, 3.05) is 23.4 Å². The molecule has 0 radical (unpaired) electrons. The zero-order valence-electron chi connectivity index (χ0n) is 12.3. The van der Waals surface area contributed by atoms with Gasteiger partial charge in [0.15, 0.2) is 15.7 Å². The minimum absolute atomic E-state index is 0.0229. The van der Waals surface area contributed by atoms with Crippen molar-refractivity contribution in [3.8, 4) is 5.82 Å². The molecule has 1 atom stereocenters. The van der Waals surface area contributed by atoms with Crippen LogP contribution in [-0.2, 0) is 9.84 Å². The lowest BCUT2D eigenvalue weighted by atomic mass is 10.1. The maximum atomic E-state index is 12.0. The van der Waals surface area contributed by atoms with Gasteiger partial charge < -0.3 is 10.6 Å². The molecule has 1 fully saturated rings. The summed E-state index contributed by atoms with van der Waals surface area (Å²) in [6.45, 7) is 0.336. The molecule has 0 bridgehead atoms. The summed E-state index contributed by atoms with van der Waals surface area (Å²) in [6, 6.07) is 4.81. The smallest absolute Gasteiger partial charge is 0.319 e. The zero-order chi connectivity index (χ0) is 16.3. The van der Waals surface area contributed by atoms with Gasteiger partial charge in [-0.15, -0.1) is 0 Å². The third-order valence-corrected chi connectivity index (χ3v) is 5.47. The molecular weight excluding hydrogens is 318 g/mol. The summed E-state index contributed by atoms with van der Waals surface area (Å²) < 4.78 is 24.4. The Balaban J connectivity index is 1.61. The van der Waals surface area contributed by atoms with E-state index in [9.17, 15) is 13.2 Å². The molecule has 3 rings (SSSR count). The van der Waals surface area contributed by atoms with Crippen molar-refractivity contribution in [1.82, 2.24) is 20.1 Å². The quantitative estimate of drug-likeness (QED) is 0.860. The number of hydrogen-bond acceptors (Lipinski definition) is 5. The van der Waals surface area contributed by atoms with Gasteiger partial charge in [-0.3, -0.25) is 0 Å². The Morgan fingerprint density at radius 3 is 2.91 bits per heavy atom. The van der Waals surface area contributed by atoms with E-state index in [0.717, 1.165) is 0 Å². The summed E-state index contributed by atoms with van der Waals surface area (Å²) >= 11 is 0. The largest absolute Gasteiger partial charge is 0.338 e. The van der Waals surface area contributed by atoms with Gasteiger partial charge in [0, 0.05) is 25.1 Å². The second-order valence-corrected chi connectivity index (χ2v) is 7.66. The monoisotopic (exact) mass is 335 g/mol. The SMILES string of the molecule is O=C(NC[C@H]1CCS(=O)(=O)C1)Nc1cccnc1-n1cccn1. The fourth-order valence-electron chi connectivity index (χ4n) is 2.51. The molecule has 1 aliphatic rings. The molecule has 0 spiro atoms. The second-order valence-electron chi connectivity index (χ2n) is 5.43. The Morgan fingerprint density at radius 1 is 1.35 bits per heavy atom. The molecule has 2 amide bonds. The van der Waals surface area contributed by atoms with Crippen molar-refractivity contribution in [2.24, 2.45) is 5.92 Å². The highest BCUT2D eigenvalue weighted by atomic mass is 32.2. The molecule has 1 aliphatic heterocycles. The number of carbonyl (C=O) groups is 1. The predicted octanol–water partition coefficient (Wildman–Crippen LogP) is 0.823. The van der Waals surface area contributed by atoms with E-state index < -0.39 is 15.9 Å². The lowest BCUT2D eigenvalue weighted by molar-refractivity contribution is 0.250. The summed E-state index contributed by atoms with van der Waals surface area (Å²) in [6.07, 6.45) is 5.56. The summed E-state index contributed by atoms with van der Waals surface area (Å²) in [5.41, 5.74) is 0.521. The molecule has 2 aromatic rings. The van der Waals surface area contributed by atoms with E-state index in [1.54, 1.807) is 41.5 Å². The molecule has 122 valence electrons. The number of nitrogens with one attached hydrogen (secondary N) is 2. The molecule has 3 heterocycles. The van der Waals surface area contributed by atoms with Crippen LogP contribution in [0.5, 0.6) is 0 Å². The molecule has 0 aromatic carbocycles. The number of amides is 2. The number of aromatic nitrogens is 3. The number of pyridine rings is 1. The molecule has 1 saturated heterocycles. The minimum atomic E-state index is -2.93. The van der Waals surface area contributed by atoms with Crippen LogP contribution in [0.4, 0.5) is 10.5 Å². The fraction of sp³-hybridized carbons (Fsp3) is 0.357. The number of nitrogens with zero attached hydrogens (tertiary/aromatic N) is 3. The van der Waals surface area contributed by atoms with Crippen LogP contribution in [0.15, 0.2) is 36.8 Å². The number of anilines is 1. The first-order valence-corrected chi connectivity index (χ1v) is 9.06. The number of rotatable bonds is 4. The van der Waals surface area contributed by atoms with Crippen molar-refractivity contribution < 1.29 is 13.2 Å². The number of sulfone groups is 1. The van der Waals surface area contributed by atoms with E-state index in [0.29, 0.717) is 24.5 Å². The normalized spacial score (nSPS) is 19.4. The first kappa shape index (κ1) is 15.5. The van der Waals surface area contributed by atoms with E-state index in [2.05, 4.69) is 20.7 Å².